The van der Waals surface area contributed by atoms with E-state index in [4.69, 9.17) is 15.1 Å². The van der Waals surface area contributed by atoms with Crippen LogP contribution in [0.1, 0.15) is 27.5 Å². The number of carbonyl (C=O) groups excluding carboxylic acids is 1. The van der Waals surface area contributed by atoms with E-state index in [9.17, 15) is 24.7 Å². The van der Waals surface area contributed by atoms with Crippen LogP contribution in [0.5, 0.6) is 11.5 Å². The third-order valence-electron chi connectivity index (χ3n) is 5.31. The van der Waals surface area contributed by atoms with E-state index in [1.807, 2.05) is 0 Å². The number of ether oxygens (including phenoxy) is 1. The highest BCUT2D eigenvalue weighted by atomic mass is 16.6. The first kappa shape index (κ1) is 20.2. The number of fused-ring (bicyclic) bond motifs is 1. The van der Waals surface area contributed by atoms with Gasteiger partial charge in [0.1, 0.15) is 23.5 Å². The number of nitrogens with zero attached hydrogens (tertiary/aromatic N) is 3. The molecule has 12 heteroatoms. The monoisotopic (exact) mass is 417 g/mol. The number of carboxylic acid groups (broad SMARTS) is 1. The van der Waals surface area contributed by atoms with Gasteiger partial charge in [-0.25, -0.2) is 4.79 Å². The van der Waals surface area contributed by atoms with Gasteiger partial charge in [0.2, 0.25) is 5.91 Å². The first-order valence-electron chi connectivity index (χ1n) is 9.52. The molecule has 0 bridgehead atoms. The van der Waals surface area contributed by atoms with Crippen LogP contribution in [0.2, 0.25) is 6.32 Å². The SMILES string of the molecule is Cn1cc(C(N)C(=O)N2CC(Oc3ccc4c(c3C(=O)O)O[B-](O)(O)CC4)C2)cn1. The van der Waals surface area contributed by atoms with Gasteiger partial charge in [-0.15, -0.1) is 0 Å². The molecule has 1 unspecified atom stereocenters. The number of aryl methyl sites for hydroxylation is 2. The van der Waals surface area contributed by atoms with Gasteiger partial charge in [0.25, 0.3) is 0 Å². The fourth-order valence-corrected chi connectivity index (χ4v) is 3.64. The third-order valence-corrected chi connectivity index (χ3v) is 5.31. The Hall–Kier alpha value is -3.09. The summed E-state index contributed by atoms with van der Waals surface area (Å²) < 4.78 is 12.5. The number of aromatic nitrogens is 2. The maximum absolute atomic E-state index is 12.5. The molecule has 5 N–H and O–H groups in total. The number of nitrogens with two attached hydrogens (primary N) is 1. The maximum atomic E-state index is 12.5. The fourth-order valence-electron chi connectivity index (χ4n) is 3.64. The molecule has 1 fully saturated rings. The standard InChI is InChI=1S/C18H22BN4O7/c1-22-7-11(6-21-22)15(20)17(24)23-8-12(9-23)29-13-3-2-10-4-5-19(27,28)30-16(10)14(13)18(25)26/h2-3,6-7,12,15,27-28H,4-5,8-9,20H2,1H3,(H,25,26)/q-1. The van der Waals surface area contributed by atoms with Crippen LogP contribution in [-0.4, -0.2) is 67.7 Å². The van der Waals surface area contributed by atoms with E-state index in [-0.39, 0.29) is 48.8 Å². The summed E-state index contributed by atoms with van der Waals surface area (Å²) in [5.41, 5.74) is 6.90. The second-order valence-corrected chi connectivity index (χ2v) is 7.65. The van der Waals surface area contributed by atoms with Crippen LogP contribution in [0.4, 0.5) is 0 Å². The van der Waals surface area contributed by atoms with Gasteiger partial charge in [0.15, 0.2) is 0 Å². The fraction of sp³-hybridized carbons (Fsp3) is 0.389. The lowest BCUT2D eigenvalue weighted by molar-refractivity contribution is -0.141. The Kier molecular flexibility index (Phi) is 4.92. The molecule has 1 amide bonds. The minimum atomic E-state index is -3.11. The van der Waals surface area contributed by atoms with Crippen LogP contribution >= 0.6 is 0 Å². The predicted molar refractivity (Wildman–Crippen MR) is 104 cm³/mol. The van der Waals surface area contributed by atoms with Gasteiger partial charge < -0.3 is 35.2 Å². The van der Waals surface area contributed by atoms with Gasteiger partial charge >= 0.3 is 12.7 Å². The molecule has 2 aromatic rings. The average molecular weight is 417 g/mol. The molecule has 2 aliphatic rings. The van der Waals surface area contributed by atoms with E-state index in [2.05, 4.69) is 5.10 Å². The number of hydrogen-bond donors (Lipinski definition) is 4. The zero-order chi connectivity index (χ0) is 21.6. The number of carbonyl (C=O) groups is 2. The van der Waals surface area contributed by atoms with Crippen molar-refractivity contribution < 1.29 is 34.1 Å². The van der Waals surface area contributed by atoms with Crippen molar-refractivity contribution >= 4 is 18.6 Å². The van der Waals surface area contributed by atoms with Crippen LogP contribution in [0.25, 0.3) is 0 Å². The summed E-state index contributed by atoms with van der Waals surface area (Å²) >= 11 is 0. The number of likely N-dealkylation sites (tertiary alicyclic amines) is 1. The number of amides is 1. The molecule has 0 radical (unpaired) electrons. The maximum Gasteiger partial charge on any atom is 0.430 e. The van der Waals surface area contributed by atoms with E-state index in [1.165, 1.54) is 17.2 Å². The zero-order valence-electron chi connectivity index (χ0n) is 16.3. The molecule has 1 aromatic heterocycles. The molecule has 0 spiro atoms. The molecule has 2 aliphatic heterocycles. The van der Waals surface area contributed by atoms with Crippen molar-refractivity contribution in [2.75, 3.05) is 13.1 Å². The molecule has 4 rings (SSSR count). The highest BCUT2D eigenvalue weighted by Gasteiger charge is 2.37. The van der Waals surface area contributed by atoms with E-state index >= 15 is 0 Å². The van der Waals surface area contributed by atoms with Crippen molar-refractivity contribution in [3.05, 3.63) is 41.2 Å². The Morgan fingerprint density at radius 3 is 2.73 bits per heavy atom. The summed E-state index contributed by atoms with van der Waals surface area (Å²) in [5, 5.41) is 33.2. The Balaban J connectivity index is 1.45. The van der Waals surface area contributed by atoms with Gasteiger partial charge in [-0.1, -0.05) is 12.4 Å². The first-order chi connectivity index (χ1) is 14.1. The molecule has 30 heavy (non-hydrogen) atoms. The Morgan fingerprint density at radius 1 is 1.37 bits per heavy atom. The normalized spacial score (nSPS) is 18.7. The molecule has 0 saturated carbocycles. The second kappa shape index (κ2) is 7.31. The Labute approximate surface area is 171 Å². The molecule has 1 aromatic carbocycles. The summed E-state index contributed by atoms with van der Waals surface area (Å²) in [6.45, 7) is -2.61. The number of rotatable bonds is 5. The van der Waals surface area contributed by atoms with Gasteiger partial charge in [0.05, 0.1) is 25.0 Å². The second-order valence-electron chi connectivity index (χ2n) is 7.65. The summed E-state index contributed by atoms with van der Waals surface area (Å²) in [7, 11) is 1.73. The van der Waals surface area contributed by atoms with E-state index < -0.39 is 24.9 Å². The molecule has 3 heterocycles. The van der Waals surface area contributed by atoms with E-state index in [0.29, 0.717) is 11.1 Å². The summed E-state index contributed by atoms with van der Waals surface area (Å²) in [4.78, 5) is 25.8. The number of benzene rings is 1. The van der Waals surface area contributed by atoms with E-state index in [0.717, 1.165) is 0 Å². The third kappa shape index (κ3) is 3.72. The van der Waals surface area contributed by atoms with Gasteiger partial charge in [-0.05, 0) is 18.1 Å². The lowest BCUT2D eigenvalue weighted by atomic mass is 9.70. The Morgan fingerprint density at radius 2 is 2.10 bits per heavy atom. The van der Waals surface area contributed by atoms with Crippen LogP contribution < -0.4 is 15.1 Å². The molecule has 160 valence electrons. The summed E-state index contributed by atoms with van der Waals surface area (Å²) in [6.07, 6.45) is 3.05. The van der Waals surface area contributed by atoms with Gasteiger partial charge in [-0.3, -0.25) is 9.48 Å². The predicted octanol–water partition coefficient (Wildman–Crippen LogP) is -0.734. The van der Waals surface area contributed by atoms with Crippen LogP contribution in [0, 0.1) is 0 Å². The topological polar surface area (TPSA) is 160 Å². The lowest BCUT2D eigenvalue weighted by Gasteiger charge is -2.41. The van der Waals surface area contributed by atoms with Crippen LogP contribution in [-0.2, 0) is 18.3 Å². The molecule has 1 saturated heterocycles. The largest absolute Gasteiger partial charge is 0.669 e. The zero-order valence-corrected chi connectivity index (χ0v) is 16.3. The molecular formula is C18H22BN4O7-. The minimum Gasteiger partial charge on any atom is -0.669 e. The van der Waals surface area contributed by atoms with Gasteiger partial charge in [0, 0.05) is 18.8 Å². The smallest absolute Gasteiger partial charge is 0.430 e. The highest BCUT2D eigenvalue weighted by molar-refractivity contribution is 6.59. The van der Waals surface area contributed by atoms with E-state index in [1.54, 1.807) is 24.0 Å². The number of hydrogen-bond acceptors (Lipinski definition) is 8. The van der Waals surface area contributed by atoms with Crippen molar-refractivity contribution in [3.8, 4) is 11.5 Å². The number of aromatic carboxylic acids is 1. The quantitative estimate of drug-likeness (QED) is 0.460. The highest BCUT2D eigenvalue weighted by Crippen LogP contribution is 2.39. The average Bonchev–Trinajstić information content (AvgIpc) is 3.08. The molecular weight excluding hydrogens is 395 g/mol. The summed E-state index contributed by atoms with van der Waals surface area (Å²) in [5.74, 6) is -1.63. The molecule has 11 nitrogen and oxygen atoms in total. The summed E-state index contributed by atoms with van der Waals surface area (Å²) in [6, 6.07) is 2.32. The van der Waals surface area contributed by atoms with Crippen molar-refractivity contribution in [1.29, 1.82) is 0 Å². The van der Waals surface area contributed by atoms with Gasteiger partial charge in [-0.2, -0.15) is 5.10 Å². The molecule has 0 aliphatic carbocycles. The van der Waals surface area contributed by atoms with Crippen molar-refractivity contribution in [1.82, 2.24) is 14.7 Å². The van der Waals surface area contributed by atoms with Crippen molar-refractivity contribution in [2.24, 2.45) is 12.8 Å². The Bertz CT molecular complexity index is 1000. The lowest BCUT2D eigenvalue weighted by Crippen LogP contribution is -2.58. The number of carboxylic acids is 1. The first-order valence-corrected chi connectivity index (χ1v) is 9.52. The van der Waals surface area contributed by atoms with Crippen molar-refractivity contribution in [2.45, 2.75) is 24.9 Å². The van der Waals surface area contributed by atoms with Crippen LogP contribution in [0.15, 0.2) is 24.5 Å². The minimum absolute atomic E-state index is 0.0108. The van der Waals surface area contributed by atoms with Crippen molar-refractivity contribution in [3.63, 3.8) is 0 Å². The van der Waals surface area contributed by atoms with Crippen LogP contribution in [0.3, 0.4) is 0 Å². The molecule has 1 atom stereocenters.